The summed E-state index contributed by atoms with van der Waals surface area (Å²) in [4.78, 5) is 27.7. The van der Waals surface area contributed by atoms with Crippen LogP contribution >= 0.6 is 11.8 Å². The van der Waals surface area contributed by atoms with E-state index < -0.39 is 0 Å². The van der Waals surface area contributed by atoms with E-state index in [2.05, 4.69) is 25.7 Å². The van der Waals surface area contributed by atoms with Crippen LogP contribution in [0, 0.1) is 6.92 Å². The molecule has 0 saturated carbocycles. The van der Waals surface area contributed by atoms with Crippen molar-refractivity contribution >= 4 is 35.0 Å². The molecule has 0 bridgehead atoms. The van der Waals surface area contributed by atoms with Crippen LogP contribution in [-0.2, 0) is 23.1 Å². The smallest absolute Gasteiger partial charge is 0.257 e. The number of amides is 2. The Morgan fingerprint density at radius 2 is 1.85 bits per heavy atom. The van der Waals surface area contributed by atoms with Gasteiger partial charge in [-0.1, -0.05) is 36.0 Å². The van der Waals surface area contributed by atoms with Crippen LogP contribution < -0.4 is 10.6 Å². The maximum atomic E-state index is 12.8. The Balaban J connectivity index is 1.34. The summed E-state index contributed by atoms with van der Waals surface area (Å²) in [5, 5.41) is 14.9. The molecule has 1 fully saturated rings. The molecule has 34 heavy (non-hydrogen) atoms. The number of hydrogen-bond donors (Lipinski definition) is 2. The van der Waals surface area contributed by atoms with Crippen molar-refractivity contribution < 1.29 is 14.3 Å². The molecule has 1 aliphatic rings. The van der Waals surface area contributed by atoms with Crippen LogP contribution in [0.25, 0.3) is 0 Å². The summed E-state index contributed by atoms with van der Waals surface area (Å²) in [6.07, 6.45) is 0. The molecular formula is C24H28N6O3S. The fraction of sp³-hybridized carbons (Fsp3) is 0.333. The van der Waals surface area contributed by atoms with Crippen LogP contribution in [0.15, 0.2) is 53.7 Å². The molecule has 178 valence electrons. The van der Waals surface area contributed by atoms with E-state index in [9.17, 15) is 9.59 Å². The molecule has 1 aliphatic heterocycles. The first kappa shape index (κ1) is 23.9. The van der Waals surface area contributed by atoms with Gasteiger partial charge < -0.3 is 19.9 Å². The summed E-state index contributed by atoms with van der Waals surface area (Å²) in [6.45, 7) is 5.85. The summed E-state index contributed by atoms with van der Waals surface area (Å²) in [7, 11) is 1.90. The number of nitrogens with zero attached hydrogens (tertiary/aromatic N) is 4. The number of nitrogens with one attached hydrogen (secondary N) is 2. The lowest BCUT2D eigenvalue weighted by molar-refractivity contribution is -0.113. The molecule has 0 aliphatic carbocycles. The molecule has 2 amide bonds. The van der Waals surface area contributed by atoms with Gasteiger partial charge in [0.15, 0.2) is 5.16 Å². The molecule has 2 aromatic carbocycles. The average molecular weight is 481 g/mol. The second kappa shape index (κ2) is 11.3. The summed E-state index contributed by atoms with van der Waals surface area (Å²) >= 11 is 1.31. The molecule has 0 spiro atoms. The van der Waals surface area contributed by atoms with Gasteiger partial charge >= 0.3 is 0 Å². The van der Waals surface area contributed by atoms with Crippen LogP contribution in [-0.4, -0.2) is 63.5 Å². The van der Waals surface area contributed by atoms with Crippen LogP contribution in [0.1, 0.15) is 21.7 Å². The highest BCUT2D eigenvalue weighted by Crippen LogP contribution is 2.20. The Hall–Kier alpha value is -3.21. The van der Waals surface area contributed by atoms with Gasteiger partial charge in [-0.2, -0.15) is 0 Å². The normalized spacial score (nSPS) is 14.1. The van der Waals surface area contributed by atoms with Gasteiger partial charge in [0, 0.05) is 25.8 Å². The Kier molecular flexibility index (Phi) is 7.94. The Morgan fingerprint density at radius 3 is 2.65 bits per heavy atom. The van der Waals surface area contributed by atoms with Gasteiger partial charge in [0.2, 0.25) is 5.91 Å². The number of rotatable bonds is 8. The monoisotopic (exact) mass is 480 g/mol. The van der Waals surface area contributed by atoms with Gasteiger partial charge in [-0.25, -0.2) is 0 Å². The standard InChI is InChI=1S/C24H28N6O3S/c1-17-6-5-7-18(14-17)25-23(32)19-8-3-4-9-20(19)26-22(31)16-34-24-28-27-21(29(24)2)15-30-10-12-33-13-11-30/h3-9,14H,10-13,15-16H2,1-2H3,(H,25,32)(H,26,31). The van der Waals surface area contributed by atoms with E-state index in [1.54, 1.807) is 24.3 Å². The highest BCUT2D eigenvalue weighted by atomic mass is 32.2. The number of carbonyl (C=O) groups is 2. The topological polar surface area (TPSA) is 101 Å². The number of hydrogen-bond acceptors (Lipinski definition) is 7. The number of thioether (sulfide) groups is 1. The highest BCUT2D eigenvalue weighted by molar-refractivity contribution is 7.99. The number of benzene rings is 2. The predicted molar refractivity (Wildman–Crippen MR) is 132 cm³/mol. The van der Waals surface area contributed by atoms with Gasteiger partial charge in [0.1, 0.15) is 5.82 Å². The van der Waals surface area contributed by atoms with Crippen LogP contribution in [0.2, 0.25) is 0 Å². The second-order valence-corrected chi connectivity index (χ2v) is 8.99. The second-order valence-electron chi connectivity index (χ2n) is 8.05. The van der Waals surface area contributed by atoms with Crippen molar-refractivity contribution in [1.29, 1.82) is 0 Å². The number of carbonyl (C=O) groups excluding carboxylic acids is 2. The van der Waals surface area contributed by atoms with E-state index in [0.717, 1.165) is 37.7 Å². The number of ether oxygens (including phenoxy) is 1. The zero-order valence-electron chi connectivity index (χ0n) is 19.3. The van der Waals surface area contributed by atoms with Gasteiger partial charge in [0.05, 0.1) is 36.8 Å². The van der Waals surface area contributed by atoms with E-state index in [1.807, 2.05) is 42.8 Å². The lowest BCUT2D eigenvalue weighted by Gasteiger charge is -2.25. The summed E-state index contributed by atoms with van der Waals surface area (Å²) in [5.41, 5.74) is 2.61. The molecular weight excluding hydrogens is 452 g/mol. The molecule has 9 nitrogen and oxygen atoms in total. The molecule has 3 aromatic rings. The zero-order chi connectivity index (χ0) is 23.9. The minimum Gasteiger partial charge on any atom is -0.379 e. The molecule has 1 saturated heterocycles. The van der Waals surface area contributed by atoms with Crippen LogP contribution in [0.3, 0.4) is 0 Å². The minimum atomic E-state index is -0.282. The van der Waals surface area contributed by atoms with Gasteiger partial charge in [0.25, 0.3) is 5.91 Å². The van der Waals surface area contributed by atoms with Crippen molar-refractivity contribution in [3.63, 3.8) is 0 Å². The first-order valence-corrected chi connectivity index (χ1v) is 12.1. The molecule has 4 rings (SSSR count). The third-order valence-corrected chi connectivity index (χ3v) is 6.47. The fourth-order valence-corrected chi connectivity index (χ4v) is 4.33. The molecule has 2 N–H and O–H groups in total. The SMILES string of the molecule is Cc1cccc(NC(=O)c2ccccc2NC(=O)CSc2nnc(CN3CCOCC3)n2C)c1. The van der Waals surface area contributed by atoms with Crippen LogP contribution in [0.4, 0.5) is 11.4 Å². The number of aryl methyl sites for hydroxylation is 1. The van der Waals surface area contributed by atoms with E-state index in [1.165, 1.54) is 11.8 Å². The Bertz CT molecular complexity index is 1160. The van der Waals surface area contributed by atoms with E-state index in [0.29, 0.717) is 28.6 Å². The van der Waals surface area contributed by atoms with Gasteiger partial charge in [-0.3, -0.25) is 14.5 Å². The quantitative estimate of drug-likeness (QED) is 0.478. The van der Waals surface area contributed by atoms with E-state index >= 15 is 0 Å². The first-order valence-electron chi connectivity index (χ1n) is 11.1. The molecule has 1 aromatic heterocycles. The maximum absolute atomic E-state index is 12.8. The lowest BCUT2D eigenvalue weighted by Crippen LogP contribution is -2.36. The largest absolute Gasteiger partial charge is 0.379 e. The predicted octanol–water partition coefficient (Wildman–Crippen LogP) is 2.94. The Labute approximate surface area is 202 Å². The average Bonchev–Trinajstić information content (AvgIpc) is 3.17. The van der Waals surface area contributed by atoms with Crippen molar-refractivity contribution in [1.82, 2.24) is 19.7 Å². The third kappa shape index (κ3) is 6.22. The number of para-hydroxylation sites is 1. The number of anilines is 2. The molecule has 2 heterocycles. The lowest BCUT2D eigenvalue weighted by atomic mass is 10.1. The minimum absolute atomic E-state index is 0.150. The van der Waals surface area contributed by atoms with Crippen molar-refractivity contribution in [2.24, 2.45) is 7.05 Å². The van der Waals surface area contributed by atoms with Gasteiger partial charge in [-0.05, 0) is 36.8 Å². The van der Waals surface area contributed by atoms with Crippen LogP contribution in [0.5, 0.6) is 0 Å². The summed E-state index contributed by atoms with van der Waals surface area (Å²) in [6, 6.07) is 14.5. The highest BCUT2D eigenvalue weighted by Gasteiger charge is 2.18. The molecule has 0 radical (unpaired) electrons. The number of morpholine rings is 1. The van der Waals surface area contributed by atoms with E-state index in [-0.39, 0.29) is 17.6 Å². The summed E-state index contributed by atoms with van der Waals surface area (Å²) < 4.78 is 7.30. The zero-order valence-corrected chi connectivity index (χ0v) is 20.1. The number of aromatic nitrogens is 3. The van der Waals surface area contributed by atoms with E-state index in [4.69, 9.17) is 4.74 Å². The van der Waals surface area contributed by atoms with Crippen molar-refractivity contribution in [2.45, 2.75) is 18.6 Å². The van der Waals surface area contributed by atoms with Crippen molar-refractivity contribution in [3.8, 4) is 0 Å². The Morgan fingerprint density at radius 1 is 1.06 bits per heavy atom. The molecule has 0 atom stereocenters. The molecule has 0 unspecified atom stereocenters. The fourth-order valence-electron chi connectivity index (χ4n) is 3.60. The first-order chi connectivity index (χ1) is 16.5. The summed E-state index contributed by atoms with van der Waals surface area (Å²) in [5.74, 6) is 0.494. The van der Waals surface area contributed by atoms with Crippen molar-refractivity contribution in [3.05, 3.63) is 65.5 Å². The van der Waals surface area contributed by atoms with Crippen molar-refractivity contribution in [2.75, 3.05) is 42.7 Å². The van der Waals surface area contributed by atoms with Gasteiger partial charge in [-0.15, -0.1) is 10.2 Å². The maximum Gasteiger partial charge on any atom is 0.257 e. The molecule has 10 heteroatoms. The third-order valence-electron chi connectivity index (χ3n) is 5.45.